The monoisotopic (exact) mass is 362 g/mol. The first-order chi connectivity index (χ1) is 13.2. The molecule has 0 bridgehead atoms. The molecule has 0 aliphatic heterocycles. The number of benzene rings is 1. The molecule has 5 rings (SSSR count). The summed E-state index contributed by atoms with van der Waals surface area (Å²) in [7, 11) is 3.42. The van der Waals surface area contributed by atoms with Gasteiger partial charge in [0.05, 0.1) is 12.5 Å². The van der Waals surface area contributed by atoms with Gasteiger partial charge in [0.15, 0.2) is 11.3 Å². The summed E-state index contributed by atoms with van der Waals surface area (Å²) in [5.74, 6) is 2.29. The predicted octanol–water partition coefficient (Wildman–Crippen LogP) is 2.05. The highest BCUT2D eigenvalue weighted by molar-refractivity contribution is 6.04. The molecule has 27 heavy (non-hydrogen) atoms. The van der Waals surface area contributed by atoms with Gasteiger partial charge in [-0.1, -0.05) is 17.3 Å². The van der Waals surface area contributed by atoms with Crippen LogP contribution in [0.15, 0.2) is 35.1 Å². The Bertz CT molecular complexity index is 1300. The lowest BCUT2D eigenvalue weighted by Gasteiger charge is -2.09. The van der Waals surface area contributed by atoms with E-state index in [4.69, 9.17) is 14.4 Å². The standard InChI is InChI=1S/C17H14N8O2/c1-9-7-11(23-27-9)17-20-19-16-10-5-4-6-12(26-3)13(10)14(21-25(16)17)15-18-8-24(2)22-15/h4-8H,1-3H3. The SMILES string of the molecule is COc1cccc2c1c(-c1ncn(C)n1)nn1c(-c3cc(C)on3)nnc21. The van der Waals surface area contributed by atoms with Crippen molar-refractivity contribution >= 4 is 16.4 Å². The summed E-state index contributed by atoms with van der Waals surface area (Å²) in [6, 6.07) is 7.48. The highest BCUT2D eigenvalue weighted by atomic mass is 16.5. The smallest absolute Gasteiger partial charge is 0.207 e. The van der Waals surface area contributed by atoms with E-state index < -0.39 is 0 Å². The Balaban J connectivity index is 1.92. The van der Waals surface area contributed by atoms with Crippen molar-refractivity contribution in [2.45, 2.75) is 6.92 Å². The first kappa shape index (κ1) is 15.4. The van der Waals surface area contributed by atoms with Gasteiger partial charge in [-0.2, -0.15) is 9.61 Å². The van der Waals surface area contributed by atoms with Gasteiger partial charge in [0.2, 0.25) is 11.6 Å². The zero-order valence-corrected chi connectivity index (χ0v) is 14.8. The molecule has 0 saturated carbocycles. The number of aromatic nitrogens is 8. The number of methoxy groups -OCH3 is 1. The molecule has 0 aliphatic rings. The molecule has 0 N–H and O–H groups in total. The number of ether oxygens (including phenoxy) is 1. The lowest BCUT2D eigenvalue weighted by atomic mass is 10.1. The number of hydrogen-bond donors (Lipinski definition) is 0. The lowest BCUT2D eigenvalue weighted by molar-refractivity contribution is 0.399. The van der Waals surface area contributed by atoms with E-state index >= 15 is 0 Å². The van der Waals surface area contributed by atoms with Crippen LogP contribution in [0, 0.1) is 6.92 Å². The molecule has 0 atom stereocenters. The van der Waals surface area contributed by atoms with Crippen LogP contribution in [0.2, 0.25) is 0 Å². The summed E-state index contributed by atoms with van der Waals surface area (Å²) in [6.07, 6.45) is 1.62. The summed E-state index contributed by atoms with van der Waals surface area (Å²) in [5, 5.41) is 23.3. The van der Waals surface area contributed by atoms with Gasteiger partial charge < -0.3 is 9.26 Å². The minimum Gasteiger partial charge on any atom is -0.496 e. The number of rotatable bonds is 3. The number of fused-ring (bicyclic) bond motifs is 3. The lowest BCUT2D eigenvalue weighted by Crippen LogP contribution is -2.02. The van der Waals surface area contributed by atoms with Crippen LogP contribution < -0.4 is 4.74 Å². The summed E-state index contributed by atoms with van der Waals surface area (Å²) < 4.78 is 14.0. The van der Waals surface area contributed by atoms with Crippen molar-refractivity contribution < 1.29 is 9.26 Å². The summed E-state index contributed by atoms with van der Waals surface area (Å²) in [6.45, 7) is 1.82. The average Bonchev–Trinajstić information content (AvgIpc) is 3.39. The van der Waals surface area contributed by atoms with Crippen molar-refractivity contribution in [1.29, 1.82) is 0 Å². The van der Waals surface area contributed by atoms with Crippen molar-refractivity contribution in [3.8, 4) is 28.8 Å². The molecule has 10 heteroatoms. The van der Waals surface area contributed by atoms with Crippen molar-refractivity contribution in [3.05, 3.63) is 36.4 Å². The molecule has 4 heterocycles. The molecule has 0 aliphatic carbocycles. The maximum Gasteiger partial charge on any atom is 0.207 e. The zero-order chi connectivity index (χ0) is 18.5. The van der Waals surface area contributed by atoms with E-state index in [9.17, 15) is 0 Å². The molecule has 0 amide bonds. The largest absolute Gasteiger partial charge is 0.496 e. The highest BCUT2D eigenvalue weighted by Crippen LogP contribution is 2.35. The molecule has 1 aromatic carbocycles. The van der Waals surface area contributed by atoms with E-state index in [1.807, 2.05) is 25.1 Å². The molecule has 0 radical (unpaired) electrons. The van der Waals surface area contributed by atoms with Gasteiger partial charge in [0, 0.05) is 18.5 Å². The Morgan fingerprint density at radius 1 is 1.15 bits per heavy atom. The minimum atomic E-state index is 0.476. The summed E-state index contributed by atoms with van der Waals surface area (Å²) in [5.41, 5.74) is 1.70. The second kappa shape index (κ2) is 5.59. The highest BCUT2D eigenvalue weighted by Gasteiger charge is 2.22. The van der Waals surface area contributed by atoms with E-state index in [0.29, 0.717) is 40.2 Å². The van der Waals surface area contributed by atoms with Gasteiger partial charge in [0.1, 0.15) is 23.5 Å². The van der Waals surface area contributed by atoms with Crippen LogP contribution in [-0.2, 0) is 7.05 Å². The van der Waals surface area contributed by atoms with E-state index in [2.05, 4.69) is 25.4 Å². The summed E-state index contributed by atoms with van der Waals surface area (Å²) >= 11 is 0. The third kappa shape index (κ3) is 2.26. The molecule has 10 nitrogen and oxygen atoms in total. The van der Waals surface area contributed by atoms with Crippen molar-refractivity contribution in [3.63, 3.8) is 0 Å². The molecule has 0 spiro atoms. The molecule has 0 saturated heterocycles. The predicted molar refractivity (Wildman–Crippen MR) is 95.1 cm³/mol. The van der Waals surface area contributed by atoms with Gasteiger partial charge in [-0.05, 0) is 13.0 Å². The Labute approximate surface area is 152 Å². The van der Waals surface area contributed by atoms with Crippen LogP contribution in [0.3, 0.4) is 0 Å². The fourth-order valence-corrected chi connectivity index (χ4v) is 3.06. The fourth-order valence-electron chi connectivity index (χ4n) is 3.06. The van der Waals surface area contributed by atoms with Crippen LogP contribution in [0.1, 0.15) is 5.76 Å². The molecule has 134 valence electrons. The molecule has 0 fully saturated rings. The Morgan fingerprint density at radius 3 is 2.74 bits per heavy atom. The van der Waals surface area contributed by atoms with Gasteiger partial charge in [-0.15, -0.1) is 15.3 Å². The third-order valence-corrected chi connectivity index (χ3v) is 4.23. The minimum absolute atomic E-state index is 0.476. The van der Waals surface area contributed by atoms with Crippen LogP contribution in [0.5, 0.6) is 5.75 Å². The summed E-state index contributed by atoms with van der Waals surface area (Å²) in [4.78, 5) is 4.35. The number of aryl methyl sites for hydroxylation is 2. The Morgan fingerprint density at radius 2 is 2.04 bits per heavy atom. The second-order valence-electron chi connectivity index (χ2n) is 6.06. The van der Waals surface area contributed by atoms with Gasteiger partial charge in [-0.3, -0.25) is 4.68 Å². The topological polar surface area (TPSA) is 109 Å². The molecule has 5 aromatic rings. The number of nitrogens with zero attached hydrogens (tertiary/aromatic N) is 8. The van der Waals surface area contributed by atoms with Crippen molar-refractivity contribution in [2.24, 2.45) is 7.05 Å². The van der Waals surface area contributed by atoms with Crippen LogP contribution in [0.4, 0.5) is 0 Å². The van der Waals surface area contributed by atoms with Gasteiger partial charge >= 0.3 is 0 Å². The fraction of sp³-hybridized carbons (Fsp3) is 0.176. The van der Waals surface area contributed by atoms with Gasteiger partial charge in [0.25, 0.3) is 0 Å². The zero-order valence-electron chi connectivity index (χ0n) is 14.8. The average molecular weight is 362 g/mol. The van der Waals surface area contributed by atoms with Crippen LogP contribution in [0.25, 0.3) is 39.5 Å². The van der Waals surface area contributed by atoms with Crippen LogP contribution >= 0.6 is 0 Å². The first-order valence-corrected chi connectivity index (χ1v) is 8.17. The third-order valence-electron chi connectivity index (χ3n) is 4.23. The van der Waals surface area contributed by atoms with Crippen LogP contribution in [-0.4, -0.2) is 46.8 Å². The maximum absolute atomic E-state index is 5.55. The first-order valence-electron chi connectivity index (χ1n) is 8.17. The second-order valence-corrected chi connectivity index (χ2v) is 6.06. The molecule has 0 unspecified atom stereocenters. The Kier molecular flexibility index (Phi) is 3.20. The van der Waals surface area contributed by atoms with E-state index in [-0.39, 0.29) is 0 Å². The molecular weight excluding hydrogens is 348 g/mol. The molecular formula is C17H14N8O2. The quantitative estimate of drug-likeness (QED) is 0.480. The van der Waals surface area contributed by atoms with Crippen molar-refractivity contribution in [1.82, 2.24) is 39.7 Å². The van der Waals surface area contributed by atoms with Gasteiger partial charge in [-0.25, -0.2) is 4.98 Å². The van der Waals surface area contributed by atoms with Crippen molar-refractivity contribution in [2.75, 3.05) is 7.11 Å². The molecule has 4 aromatic heterocycles. The Hall–Kier alpha value is -3.82. The number of hydrogen-bond acceptors (Lipinski definition) is 8. The van der Waals surface area contributed by atoms with E-state index in [1.54, 1.807) is 35.7 Å². The van der Waals surface area contributed by atoms with E-state index in [1.165, 1.54) is 0 Å². The normalized spacial score (nSPS) is 11.5. The maximum atomic E-state index is 5.55. The van der Waals surface area contributed by atoms with E-state index in [0.717, 1.165) is 10.8 Å².